The molecule has 2 fully saturated rings. The molecule has 3 aliphatic rings. The number of hydrogen-bond acceptors (Lipinski definition) is 6. The summed E-state index contributed by atoms with van der Waals surface area (Å²) in [5, 5.41) is 0.592. The molecule has 0 aromatic heterocycles. The van der Waals surface area contributed by atoms with E-state index in [1.807, 2.05) is 55.7 Å². The average Bonchev–Trinajstić information content (AvgIpc) is 3.22. The van der Waals surface area contributed by atoms with Crippen molar-refractivity contribution in [3.05, 3.63) is 28.8 Å². The SMILES string of the molecule is CCC1(CC)CN(C(=O)CN2C[C@@H](C)N(C(=O)OC(C)(C)C)C[C@@H]2C(=O)N2CCOCC2)c2cc(Cl)ccc21. The van der Waals surface area contributed by atoms with Gasteiger partial charge in [-0.05, 0) is 58.2 Å². The molecule has 3 heterocycles. The van der Waals surface area contributed by atoms with E-state index in [0.29, 0.717) is 44.4 Å². The Bertz CT molecular complexity index is 1080. The number of benzene rings is 1. The van der Waals surface area contributed by atoms with E-state index in [1.54, 1.807) is 9.80 Å². The van der Waals surface area contributed by atoms with Crippen LogP contribution < -0.4 is 4.90 Å². The van der Waals surface area contributed by atoms with E-state index in [-0.39, 0.29) is 36.4 Å². The first-order valence-electron chi connectivity index (χ1n) is 14.1. The zero-order valence-corrected chi connectivity index (χ0v) is 24.9. The van der Waals surface area contributed by atoms with E-state index in [1.165, 1.54) is 0 Å². The van der Waals surface area contributed by atoms with Crippen LogP contribution in [0.3, 0.4) is 0 Å². The van der Waals surface area contributed by atoms with Gasteiger partial charge in [-0.3, -0.25) is 14.5 Å². The number of anilines is 1. The summed E-state index contributed by atoms with van der Waals surface area (Å²) in [6, 6.07) is 4.93. The normalized spacial score (nSPS) is 23.5. The topological polar surface area (TPSA) is 82.6 Å². The van der Waals surface area contributed by atoms with Gasteiger partial charge in [0.15, 0.2) is 0 Å². The minimum Gasteiger partial charge on any atom is -0.444 e. The third-order valence-corrected chi connectivity index (χ3v) is 8.59. The third kappa shape index (κ3) is 6.20. The molecule has 4 rings (SSSR count). The molecular weight excluding hydrogens is 520 g/mol. The zero-order chi connectivity index (χ0) is 28.5. The standard InChI is InChI=1S/C29H43ClN4O5/c1-7-29(8-2)19-34(23-15-21(30)9-10-22(23)29)25(35)18-32-16-20(3)33(27(37)39-28(4,5)6)17-24(32)26(36)31-11-13-38-14-12-31/h9-10,15,20,24H,7-8,11-14,16-19H2,1-6H3/t20-,24-/m1/s1. The first-order valence-corrected chi connectivity index (χ1v) is 14.5. The van der Waals surface area contributed by atoms with Crippen molar-refractivity contribution in [2.45, 2.75) is 77.5 Å². The van der Waals surface area contributed by atoms with Gasteiger partial charge in [0.2, 0.25) is 11.8 Å². The van der Waals surface area contributed by atoms with Crippen LogP contribution in [0.4, 0.5) is 10.5 Å². The minimum absolute atomic E-state index is 0.0695. The smallest absolute Gasteiger partial charge is 0.410 e. The summed E-state index contributed by atoms with van der Waals surface area (Å²) < 4.78 is 11.1. The first kappa shape index (κ1) is 29.6. The van der Waals surface area contributed by atoms with Gasteiger partial charge >= 0.3 is 6.09 Å². The average molecular weight is 563 g/mol. The Morgan fingerprint density at radius 3 is 2.38 bits per heavy atom. The number of halogens is 1. The van der Waals surface area contributed by atoms with Crippen LogP contribution in [0.1, 0.15) is 59.9 Å². The highest BCUT2D eigenvalue weighted by atomic mass is 35.5. The molecule has 0 aliphatic carbocycles. The number of nitrogens with zero attached hydrogens (tertiary/aromatic N) is 4. The van der Waals surface area contributed by atoms with Crippen LogP contribution in [0.5, 0.6) is 0 Å². The van der Waals surface area contributed by atoms with Crippen LogP contribution >= 0.6 is 11.6 Å². The van der Waals surface area contributed by atoms with Crippen molar-refractivity contribution in [3.63, 3.8) is 0 Å². The predicted molar refractivity (Wildman–Crippen MR) is 151 cm³/mol. The van der Waals surface area contributed by atoms with Crippen molar-refractivity contribution >= 4 is 35.2 Å². The fraction of sp³-hybridized carbons (Fsp3) is 0.690. The number of amides is 3. The zero-order valence-electron chi connectivity index (χ0n) is 24.2. The van der Waals surface area contributed by atoms with Crippen LogP contribution in [-0.4, -0.2) is 103 Å². The molecule has 0 saturated carbocycles. The molecule has 0 unspecified atom stereocenters. The molecule has 0 N–H and O–H groups in total. The first-order chi connectivity index (χ1) is 18.4. The summed E-state index contributed by atoms with van der Waals surface area (Å²) in [4.78, 5) is 48.0. The highest BCUT2D eigenvalue weighted by Gasteiger charge is 2.45. The fourth-order valence-corrected chi connectivity index (χ4v) is 6.18. The molecule has 0 spiro atoms. The number of carbonyl (C=O) groups is 3. The van der Waals surface area contributed by atoms with Gasteiger partial charge < -0.3 is 24.2 Å². The van der Waals surface area contributed by atoms with Gasteiger partial charge in [0.05, 0.1) is 19.8 Å². The molecule has 2 saturated heterocycles. The summed E-state index contributed by atoms with van der Waals surface area (Å²) in [6.45, 7) is 14.9. The molecule has 1 aromatic rings. The number of carbonyl (C=O) groups excluding carboxylic acids is 3. The molecule has 2 atom stereocenters. The lowest BCUT2D eigenvalue weighted by Gasteiger charge is -2.46. The number of ether oxygens (including phenoxy) is 2. The van der Waals surface area contributed by atoms with Gasteiger partial charge in [-0.15, -0.1) is 0 Å². The number of morpholine rings is 1. The Hall–Kier alpha value is -2.36. The monoisotopic (exact) mass is 562 g/mol. The molecule has 10 heteroatoms. The Morgan fingerprint density at radius 2 is 1.77 bits per heavy atom. The summed E-state index contributed by atoms with van der Waals surface area (Å²) >= 11 is 6.37. The van der Waals surface area contributed by atoms with Gasteiger partial charge in [0.1, 0.15) is 11.6 Å². The third-order valence-electron chi connectivity index (χ3n) is 8.35. The van der Waals surface area contributed by atoms with Crippen LogP contribution in [0.2, 0.25) is 5.02 Å². The van der Waals surface area contributed by atoms with Crippen molar-refractivity contribution in [1.82, 2.24) is 14.7 Å². The van der Waals surface area contributed by atoms with E-state index < -0.39 is 17.7 Å². The number of hydrogen-bond donors (Lipinski definition) is 0. The van der Waals surface area contributed by atoms with Crippen LogP contribution in [-0.2, 0) is 24.5 Å². The van der Waals surface area contributed by atoms with E-state index >= 15 is 0 Å². The largest absolute Gasteiger partial charge is 0.444 e. The van der Waals surface area contributed by atoms with E-state index in [0.717, 1.165) is 24.1 Å². The molecule has 216 valence electrons. The second kappa shape index (κ2) is 11.6. The molecule has 3 amide bonds. The number of piperazine rings is 1. The molecular formula is C29H43ClN4O5. The Kier molecular flexibility index (Phi) is 8.83. The quantitative estimate of drug-likeness (QED) is 0.541. The summed E-state index contributed by atoms with van der Waals surface area (Å²) in [5.41, 5.74) is 1.23. The Balaban J connectivity index is 1.59. The molecule has 39 heavy (non-hydrogen) atoms. The number of fused-ring (bicyclic) bond motifs is 1. The predicted octanol–water partition coefficient (Wildman–Crippen LogP) is 3.91. The van der Waals surface area contributed by atoms with Crippen molar-refractivity contribution < 1.29 is 23.9 Å². The van der Waals surface area contributed by atoms with E-state index in [9.17, 15) is 14.4 Å². The van der Waals surface area contributed by atoms with Crippen LogP contribution in [0, 0.1) is 0 Å². The summed E-state index contributed by atoms with van der Waals surface area (Å²) in [6.07, 6.45) is 1.37. The highest BCUT2D eigenvalue weighted by molar-refractivity contribution is 6.31. The van der Waals surface area contributed by atoms with Crippen LogP contribution in [0.25, 0.3) is 0 Å². The van der Waals surface area contributed by atoms with Crippen molar-refractivity contribution in [1.29, 1.82) is 0 Å². The van der Waals surface area contributed by atoms with E-state index in [2.05, 4.69) is 13.8 Å². The van der Waals surface area contributed by atoms with Gasteiger partial charge in [0.25, 0.3) is 0 Å². The van der Waals surface area contributed by atoms with Gasteiger partial charge in [0, 0.05) is 54.9 Å². The lowest BCUT2D eigenvalue weighted by atomic mass is 9.78. The second-order valence-electron chi connectivity index (χ2n) is 12.0. The van der Waals surface area contributed by atoms with Crippen LogP contribution in [0.15, 0.2) is 18.2 Å². The van der Waals surface area contributed by atoms with Crippen molar-refractivity contribution in [2.75, 3.05) is 57.4 Å². The summed E-state index contributed by atoms with van der Waals surface area (Å²) in [7, 11) is 0. The molecule has 0 radical (unpaired) electrons. The molecule has 1 aromatic carbocycles. The second-order valence-corrected chi connectivity index (χ2v) is 12.4. The van der Waals surface area contributed by atoms with Gasteiger partial charge in [-0.2, -0.15) is 0 Å². The maximum absolute atomic E-state index is 14.0. The van der Waals surface area contributed by atoms with Crippen molar-refractivity contribution in [3.8, 4) is 0 Å². The Morgan fingerprint density at radius 1 is 1.10 bits per heavy atom. The summed E-state index contributed by atoms with van der Waals surface area (Å²) in [5.74, 6) is -0.159. The minimum atomic E-state index is -0.653. The van der Waals surface area contributed by atoms with Gasteiger partial charge in [-0.25, -0.2) is 4.79 Å². The molecule has 3 aliphatic heterocycles. The lowest BCUT2D eigenvalue weighted by molar-refractivity contribution is -0.145. The van der Waals surface area contributed by atoms with E-state index in [4.69, 9.17) is 21.1 Å². The van der Waals surface area contributed by atoms with Gasteiger partial charge in [-0.1, -0.05) is 31.5 Å². The lowest BCUT2D eigenvalue weighted by Crippen LogP contribution is -2.65. The maximum Gasteiger partial charge on any atom is 0.410 e. The molecule has 0 bridgehead atoms. The molecule has 9 nitrogen and oxygen atoms in total. The highest BCUT2D eigenvalue weighted by Crippen LogP contribution is 2.46. The Labute approximate surface area is 237 Å². The fourth-order valence-electron chi connectivity index (χ4n) is 6.01. The number of rotatable bonds is 5. The maximum atomic E-state index is 14.0. The van der Waals surface area contributed by atoms with Crippen molar-refractivity contribution in [2.24, 2.45) is 0 Å².